The molecule has 0 bridgehead atoms. The van der Waals surface area contributed by atoms with E-state index in [1.165, 1.54) is 31.7 Å². The maximum atomic E-state index is 13.7. The van der Waals surface area contributed by atoms with Gasteiger partial charge in [0.2, 0.25) is 0 Å². The third-order valence-electron chi connectivity index (χ3n) is 5.22. The molecular formula is C20H32F2IN3O. The lowest BCUT2D eigenvalue weighted by atomic mass is 9.83. The third-order valence-corrected chi connectivity index (χ3v) is 5.22. The first kappa shape index (κ1) is 24.1. The van der Waals surface area contributed by atoms with Gasteiger partial charge in [-0.2, -0.15) is 0 Å². The van der Waals surface area contributed by atoms with Crippen molar-refractivity contribution in [2.75, 3.05) is 33.4 Å². The van der Waals surface area contributed by atoms with E-state index in [2.05, 4.69) is 15.6 Å². The number of aliphatic imine (C=N–C) groups is 1. The van der Waals surface area contributed by atoms with Crippen LogP contribution in [0.4, 0.5) is 8.78 Å². The van der Waals surface area contributed by atoms with E-state index in [9.17, 15) is 8.78 Å². The van der Waals surface area contributed by atoms with E-state index in [1.54, 1.807) is 13.1 Å². The third kappa shape index (κ3) is 7.52. The molecule has 0 spiro atoms. The number of hydrogen-bond acceptors (Lipinski definition) is 2. The van der Waals surface area contributed by atoms with Crippen molar-refractivity contribution in [1.82, 2.24) is 10.6 Å². The molecule has 1 aliphatic carbocycles. The highest BCUT2D eigenvalue weighted by molar-refractivity contribution is 14.0. The van der Waals surface area contributed by atoms with E-state index in [-0.39, 0.29) is 29.4 Å². The summed E-state index contributed by atoms with van der Waals surface area (Å²) in [6, 6.07) is 4.27. The van der Waals surface area contributed by atoms with Crippen LogP contribution in [0, 0.1) is 17.0 Å². The Bertz CT molecular complexity index is 593. The molecule has 0 unspecified atom stereocenters. The first-order valence-electron chi connectivity index (χ1n) is 9.55. The number of ether oxygens (including phenoxy) is 1. The minimum absolute atomic E-state index is 0. The summed E-state index contributed by atoms with van der Waals surface area (Å²) in [5.41, 5.74) is 0.637. The van der Waals surface area contributed by atoms with Gasteiger partial charge in [-0.1, -0.05) is 25.0 Å². The lowest BCUT2D eigenvalue weighted by Gasteiger charge is -2.30. The topological polar surface area (TPSA) is 45.6 Å². The fraction of sp³-hybridized carbons (Fsp3) is 0.650. The molecule has 154 valence electrons. The predicted octanol–water partition coefficient (Wildman–Crippen LogP) is 4.28. The number of hydrogen-bond donors (Lipinski definition) is 2. The second kappa shape index (κ2) is 12.5. The quantitative estimate of drug-likeness (QED) is 0.233. The summed E-state index contributed by atoms with van der Waals surface area (Å²) in [5.74, 6) is -0.870. The van der Waals surface area contributed by atoms with Crippen molar-refractivity contribution in [3.8, 4) is 0 Å². The van der Waals surface area contributed by atoms with Crippen LogP contribution in [0.5, 0.6) is 0 Å². The van der Waals surface area contributed by atoms with E-state index in [1.807, 2.05) is 6.92 Å². The summed E-state index contributed by atoms with van der Waals surface area (Å²) in [7, 11) is 1.72. The molecule has 0 heterocycles. The molecule has 1 aromatic carbocycles. The van der Waals surface area contributed by atoms with Crippen LogP contribution in [0.3, 0.4) is 0 Å². The summed E-state index contributed by atoms with van der Waals surface area (Å²) < 4.78 is 32.5. The van der Waals surface area contributed by atoms with E-state index in [0.717, 1.165) is 32.2 Å². The number of rotatable bonds is 9. The lowest BCUT2D eigenvalue weighted by Crippen LogP contribution is -2.44. The Kier molecular flexibility index (Phi) is 11.1. The highest BCUT2D eigenvalue weighted by atomic mass is 127. The average Bonchev–Trinajstić information content (AvgIpc) is 3.11. The van der Waals surface area contributed by atoms with E-state index < -0.39 is 11.6 Å². The molecule has 0 atom stereocenters. The molecule has 0 radical (unpaired) electrons. The van der Waals surface area contributed by atoms with Gasteiger partial charge in [-0.25, -0.2) is 8.78 Å². The maximum Gasteiger partial charge on any atom is 0.191 e. The van der Waals surface area contributed by atoms with E-state index in [4.69, 9.17) is 4.74 Å². The molecule has 0 aromatic heterocycles. The molecule has 0 saturated heterocycles. The summed E-state index contributed by atoms with van der Waals surface area (Å²) >= 11 is 0. The standard InChI is InChI=1S/C20H31F2N3O.HI/c1-3-26-14-12-20(10-4-5-11-20)15-25-19(23-2)24-13-9-16-7-6-8-17(21)18(16)22;/h6-8H,3-5,9-15H2,1-2H3,(H2,23,24,25);1H. The van der Waals surface area contributed by atoms with Gasteiger partial charge in [0, 0.05) is 33.4 Å². The van der Waals surface area contributed by atoms with Gasteiger partial charge in [-0.05, 0) is 49.7 Å². The zero-order valence-electron chi connectivity index (χ0n) is 16.3. The number of benzene rings is 1. The minimum atomic E-state index is -0.803. The molecule has 4 nitrogen and oxygen atoms in total. The average molecular weight is 495 g/mol. The van der Waals surface area contributed by atoms with Gasteiger partial charge in [0.15, 0.2) is 17.6 Å². The molecule has 1 saturated carbocycles. The number of nitrogens with one attached hydrogen (secondary N) is 2. The summed E-state index contributed by atoms with van der Waals surface area (Å²) in [6.07, 6.45) is 6.40. The van der Waals surface area contributed by atoms with Crippen molar-refractivity contribution in [2.45, 2.75) is 45.4 Å². The summed E-state index contributed by atoms with van der Waals surface area (Å²) in [4.78, 5) is 4.24. The zero-order chi connectivity index (χ0) is 18.8. The van der Waals surface area contributed by atoms with Crippen molar-refractivity contribution in [1.29, 1.82) is 0 Å². The molecule has 0 aliphatic heterocycles. The predicted molar refractivity (Wildman–Crippen MR) is 117 cm³/mol. The van der Waals surface area contributed by atoms with Crippen LogP contribution in [0.2, 0.25) is 0 Å². The van der Waals surface area contributed by atoms with Crippen LogP contribution in [-0.2, 0) is 11.2 Å². The van der Waals surface area contributed by atoms with Gasteiger partial charge < -0.3 is 15.4 Å². The van der Waals surface area contributed by atoms with Crippen LogP contribution < -0.4 is 10.6 Å². The fourth-order valence-corrected chi connectivity index (χ4v) is 3.62. The monoisotopic (exact) mass is 495 g/mol. The highest BCUT2D eigenvalue weighted by Crippen LogP contribution is 2.40. The van der Waals surface area contributed by atoms with Crippen LogP contribution in [-0.4, -0.2) is 39.3 Å². The normalized spacial score (nSPS) is 16.1. The van der Waals surface area contributed by atoms with Crippen LogP contribution in [0.1, 0.15) is 44.6 Å². The Morgan fingerprint density at radius 2 is 1.96 bits per heavy atom. The minimum Gasteiger partial charge on any atom is -0.382 e. The largest absolute Gasteiger partial charge is 0.382 e. The van der Waals surface area contributed by atoms with Crippen LogP contribution >= 0.6 is 24.0 Å². The highest BCUT2D eigenvalue weighted by Gasteiger charge is 2.33. The Balaban J connectivity index is 0.00000364. The van der Waals surface area contributed by atoms with Crippen molar-refractivity contribution in [3.63, 3.8) is 0 Å². The number of guanidine groups is 1. The molecular weight excluding hydrogens is 463 g/mol. The first-order valence-corrected chi connectivity index (χ1v) is 9.55. The maximum absolute atomic E-state index is 13.7. The summed E-state index contributed by atoms with van der Waals surface area (Å²) in [6.45, 7) is 4.92. The van der Waals surface area contributed by atoms with Crippen molar-refractivity contribution in [2.24, 2.45) is 10.4 Å². The van der Waals surface area contributed by atoms with Crippen molar-refractivity contribution in [3.05, 3.63) is 35.4 Å². The second-order valence-electron chi connectivity index (χ2n) is 6.97. The molecule has 1 fully saturated rings. The van der Waals surface area contributed by atoms with Gasteiger partial charge in [-0.3, -0.25) is 4.99 Å². The lowest BCUT2D eigenvalue weighted by molar-refractivity contribution is 0.105. The van der Waals surface area contributed by atoms with Gasteiger partial charge >= 0.3 is 0 Å². The van der Waals surface area contributed by atoms with E-state index >= 15 is 0 Å². The summed E-state index contributed by atoms with van der Waals surface area (Å²) in [5, 5.41) is 6.60. The van der Waals surface area contributed by atoms with Gasteiger partial charge in [-0.15, -0.1) is 24.0 Å². The molecule has 2 N–H and O–H groups in total. The first-order chi connectivity index (χ1) is 12.6. The van der Waals surface area contributed by atoms with Crippen LogP contribution in [0.15, 0.2) is 23.2 Å². The van der Waals surface area contributed by atoms with Gasteiger partial charge in [0.1, 0.15) is 0 Å². The SMILES string of the molecule is CCOCCC1(CNC(=NC)NCCc2cccc(F)c2F)CCCC1.I. The molecule has 1 aliphatic rings. The Hall–Kier alpha value is -0.960. The molecule has 0 amide bonds. The zero-order valence-corrected chi connectivity index (χ0v) is 18.7. The Morgan fingerprint density at radius 1 is 1.22 bits per heavy atom. The molecule has 2 rings (SSSR count). The number of halogens is 3. The van der Waals surface area contributed by atoms with Crippen molar-refractivity contribution < 1.29 is 13.5 Å². The van der Waals surface area contributed by atoms with Gasteiger partial charge in [0.05, 0.1) is 0 Å². The van der Waals surface area contributed by atoms with Gasteiger partial charge in [0.25, 0.3) is 0 Å². The van der Waals surface area contributed by atoms with Crippen LogP contribution in [0.25, 0.3) is 0 Å². The van der Waals surface area contributed by atoms with E-state index in [0.29, 0.717) is 24.5 Å². The molecule has 1 aromatic rings. The Labute approximate surface area is 178 Å². The second-order valence-corrected chi connectivity index (χ2v) is 6.97. The number of nitrogens with zero attached hydrogens (tertiary/aromatic N) is 1. The smallest absolute Gasteiger partial charge is 0.191 e. The van der Waals surface area contributed by atoms with Crippen molar-refractivity contribution >= 4 is 29.9 Å². The molecule has 7 heteroatoms. The fourth-order valence-electron chi connectivity index (χ4n) is 3.62. The molecule has 27 heavy (non-hydrogen) atoms. The Morgan fingerprint density at radius 3 is 2.63 bits per heavy atom.